The number of amides is 1. The highest BCUT2D eigenvalue weighted by Crippen LogP contribution is 2.29. The van der Waals surface area contributed by atoms with Gasteiger partial charge in [0.25, 0.3) is 5.91 Å². The first kappa shape index (κ1) is 19.3. The zero-order valence-electron chi connectivity index (χ0n) is 16.2. The van der Waals surface area contributed by atoms with Crippen LogP contribution in [0.2, 0.25) is 0 Å². The van der Waals surface area contributed by atoms with Crippen molar-refractivity contribution in [1.29, 1.82) is 0 Å². The van der Waals surface area contributed by atoms with Crippen LogP contribution in [0.5, 0.6) is 5.75 Å². The number of ketones is 1. The smallest absolute Gasteiger partial charge is 0.262 e. The second kappa shape index (κ2) is 8.13. The van der Waals surface area contributed by atoms with Crippen molar-refractivity contribution in [1.82, 2.24) is 9.55 Å². The third-order valence-corrected chi connectivity index (χ3v) is 5.68. The summed E-state index contributed by atoms with van der Waals surface area (Å²) in [5.41, 5.74) is 3.35. The molecular weight excluding hydrogens is 386 g/mol. The molecule has 0 atom stereocenters. The van der Waals surface area contributed by atoms with E-state index in [0.29, 0.717) is 22.9 Å². The normalized spacial score (nSPS) is 13.0. The van der Waals surface area contributed by atoms with E-state index in [2.05, 4.69) is 48.4 Å². The molecule has 29 heavy (non-hydrogen) atoms. The van der Waals surface area contributed by atoms with E-state index in [1.54, 1.807) is 24.4 Å². The first-order chi connectivity index (χ1) is 14.0. The summed E-state index contributed by atoms with van der Waals surface area (Å²) in [5.74, 6) is 1.04. The number of carbonyl (C=O) groups is 2. The maximum absolute atomic E-state index is 12.7. The zero-order valence-corrected chi connectivity index (χ0v) is 17.0. The second-order valence-electron chi connectivity index (χ2n) is 7.09. The Hall–Kier alpha value is -3.06. The Morgan fingerprint density at radius 1 is 1.24 bits per heavy atom. The molecule has 1 aliphatic rings. The van der Waals surface area contributed by atoms with Crippen molar-refractivity contribution in [2.24, 2.45) is 0 Å². The van der Waals surface area contributed by atoms with E-state index in [1.165, 1.54) is 17.3 Å². The van der Waals surface area contributed by atoms with E-state index in [-0.39, 0.29) is 24.1 Å². The van der Waals surface area contributed by atoms with Crippen molar-refractivity contribution in [2.45, 2.75) is 24.9 Å². The molecule has 0 radical (unpaired) electrons. The summed E-state index contributed by atoms with van der Waals surface area (Å²) in [6.45, 7) is 4.33. The maximum atomic E-state index is 12.7. The molecule has 3 aromatic rings. The lowest BCUT2D eigenvalue weighted by Crippen LogP contribution is -2.25. The molecule has 2 aromatic carbocycles. The van der Waals surface area contributed by atoms with Crippen molar-refractivity contribution in [3.05, 3.63) is 66.0 Å². The highest BCUT2D eigenvalue weighted by Gasteiger charge is 2.18. The predicted octanol–water partition coefficient (Wildman–Crippen LogP) is 4.30. The van der Waals surface area contributed by atoms with Gasteiger partial charge in [0.2, 0.25) is 0 Å². The minimum absolute atomic E-state index is 0.00302. The van der Waals surface area contributed by atoms with E-state index in [0.717, 1.165) is 10.8 Å². The molecule has 0 spiro atoms. The summed E-state index contributed by atoms with van der Waals surface area (Å²) < 4.78 is 7.31. The monoisotopic (exact) mass is 407 g/mol. The number of fused-ring (bicyclic) bond motifs is 1. The lowest BCUT2D eigenvalue weighted by molar-refractivity contribution is -0.118. The van der Waals surface area contributed by atoms with Gasteiger partial charge in [-0.05, 0) is 41.8 Å². The van der Waals surface area contributed by atoms with Gasteiger partial charge in [0.05, 0.1) is 11.4 Å². The molecule has 2 heterocycles. The Balaban J connectivity index is 1.46. The molecule has 1 aromatic heterocycles. The van der Waals surface area contributed by atoms with Gasteiger partial charge in [0.15, 0.2) is 17.5 Å². The van der Waals surface area contributed by atoms with Gasteiger partial charge in [-0.1, -0.05) is 37.7 Å². The van der Waals surface area contributed by atoms with Crippen LogP contribution in [0.4, 0.5) is 5.69 Å². The van der Waals surface area contributed by atoms with Crippen LogP contribution in [0.1, 0.15) is 35.7 Å². The number of ether oxygens (including phenoxy) is 1. The molecule has 7 heteroatoms. The Morgan fingerprint density at radius 3 is 2.79 bits per heavy atom. The van der Waals surface area contributed by atoms with Crippen molar-refractivity contribution in [3.8, 4) is 11.4 Å². The number of anilines is 1. The highest BCUT2D eigenvalue weighted by molar-refractivity contribution is 7.99. The van der Waals surface area contributed by atoms with Crippen LogP contribution in [0, 0.1) is 0 Å². The standard InChI is InChI=1S/C22H21N3O3S/c1-14(2)15-3-6-17(7-4-15)25-10-9-23-22(25)29-13-19(26)16-5-8-20-18(11-16)24-21(27)12-28-20/h3-11,14H,12-13H2,1-2H3,(H,24,27). The van der Waals surface area contributed by atoms with Gasteiger partial charge in [-0.15, -0.1) is 0 Å². The number of hydrogen-bond acceptors (Lipinski definition) is 5. The van der Waals surface area contributed by atoms with Gasteiger partial charge >= 0.3 is 0 Å². The van der Waals surface area contributed by atoms with E-state index in [4.69, 9.17) is 4.74 Å². The van der Waals surface area contributed by atoms with Gasteiger partial charge < -0.3 is 10.1 Å². The highest BCUT2D eigenvalue weighted by atomic mass is 32.2. The first-order valence-corrected chi connectivity index (χ1v) is 10.4. The molecule has 0 saturated heterocycles. The SMILES string of the molecule is CC(C)c1ccc(-n2ccnc2SCC(=O)c2ccc3c(c2)NC(=O)CO3)cc1. The zero-order chi connectivity index (χ0) is 20.4. The second-order valence-corrected chi connectivity index (χ2v) is 8.03. The molecule has 0 saturated carbocycles. The molecule has 1 aliphatic heterocycles. The first-order valence-electron chi connectivity index (χ1n) is 9.37. The molecule has 148 valence electrons. The molecule has 1 N–H and O–H groups in total. The number of aromatic nitrogens is 2. The van der Waals surface area contributed by atoms with Crippen LogP contribution in [0.3, 0.4) is 0 Å². The molecule has 4 rings (SSSR count). The number of carbonyl (C=O) groups excluding carboxylic acids is 2. The van der Waals surface area contributed by atoms with Crippen molar-refractivity contribution >= 4 is 29.1 Å². The predicted molar refractivity (Wildman–Crippen MR) is 113 cm³/mol. The van der Waals surface area contributed by atoms with Gasteiger partial charge in [-0.25, -0.2) is 4.98 Å². The van der Waals surface area contributed by atoms with Crippen LogP contribution >= 0.6 is 11.8 Å². The van der Waals surface area contributed by atoms with Crippen molar-refractivity contribution in [2.75, 3.05) is 17.7 Å². The fourth-order valence-corrected chi connectivity index (χ4v) is 3.95. The Labute approximate surface area is 173 Å². The van der Waals surface area contributed by atoms with Crippen molar-refractivity contribution in [3.63, 3.8) is 0 Å². The Morgan fingerprint density at radius 2 is 2.03 bits per heavy atom. The van der Waals surface area contributed by atoms with Gasteiger partial charge in [0, 0.05) is 23.6 Å². The number of imidazole rings is 1. The number of rotatable bonds is 6. The van der Waals surface area contributed by atoms with Crippen LogP contribution in [0.15, 0.2) is 60.0 Å². The van der Waals surface area contributed by atoms with Crippen LogP contribution in [0.25, 0.3) is 5.69 Å². The minimum atomic E-state index is -0.220. The Kier molecular flexibility index (Phi) is 5.40. The number of benzene rings is 2. The molecule has 0 fully saturated rings. The third-order valence-electron chi connectivity index (χ3n) is 4.71. The molecule has 0 bridgehead atoms. The lowest BCUT2D eigenvalue weighted by Gasteiger charge is -2.18. The van der Waals surface area contributed by atoms with Gasteiger partial charge in [-0.3, -0.25) is 14.2 Å². The average molecular weight is 407 g/mol. The van der Waals surface area contributed by atoms with Crippen molar-refractivity contribution < 1.29 is 14.3 Å². The van der Waals surface area contributed by atoms with Gasteiger partial charge in [-0.2, -0.15) is 0 Å². The molecule has 6 nitrogen and oxygen atoms in total. The largest absolute Gasteiger partial charge is 0.482 e. The van der Waals surface area contributed by atoms with Crippen LogP contribution in [-0.4, -0.2) is 33.6 Å². The lowest BCUT2D eigenvalue weighted by atomic mass is 10.0. The minimum Gasteiger partial charge on any atom is -0.482 e. The third kappa shape index (κ3) is 4.19. The summed E-state index contributed by atoms with van der Waals surface area (Å²) >= 11 is 1.38. The average Bonchev–Trinajstić information content (AvgIpc) is 3.20. The maximum Gasteiger partial charge on any atom is 0.262 e. The molecule has 1 amide bonds. The number of thioether (sulfide) groups is 1. The quantitative estimate of drug-likeness (QED) is 0.487. The number of nitrogens with one attached hydrogen (secondary N) is 1. The number of Topliss-reactive ketones (excluding diaryl/α,β-unsaturated/α-hetero) is 1. The molecule has 0 unspecified atom stereocenters. The Bertz CT molecular complexity index is 1060. The molecule has 0 aliphatic carbocycles. The van der Waals surface area contributed by atoms with Gasteiger partial charge in [0.1, 0.15) is 5.75 Å². The van der Waals surface area contributed by atoms with Crippen LogP contribution < -0.4 is 10.1 Å². The summed E-state index contributed by atoms with van der Waals surface area (Å²) in [4.78, 5) is 28.5. The topological polar surface area (TPSA) is 73.2 Å². The number of nitrogens with zero attached hydrogens (tertiary/aromatic N) is 2. The fourth-order valence-electron chi connectivity index (χ4n) is 3.08. The van der Waals surface area contributed by atoms with E-state index in [9.17, 15) is 9.59 Å². The summed E-state index contributed by atoms with van der Waals surface area (Å²) in [7, 11) is 0. The fraction of sp³-hybridized carbons (Fsp3) is 0.227. The summed E-state index contributed by atoms with van der Waals surface area (Å²) in [6.07, 6.45) is 3.62. The summed E-state index contributed by atoms with van der Waals surface area (Å²) in [6, 6.07) is 13.4. The summed E-state index contributed by atoms with van der Waals surface area (Å²) in [5, 5.41) is 3.48. The van der Waals surface area contributed by atoms with E-state index < -0.39 is 0 Å². The van der Waals surface area contributed by atoms with E-state index in [1.807, 2.05) is 10.8 Å². The number of hydrogen-bond donors (Lipinski definition) is 1. The van der Waals surface area contributed by atoms with E-state index >= 15 is 0 Å². The van der Waals surface area contributed by atoms with Crippen LogP contribution in [-0.2, 0) is 4.79 Å². The molecular formula is C22H21N3O3S.